The summed E-state index contributed by atoms with van der Waals surface area (Å²) in [6.07, 6.45) is 0. The highest BCUT2D eigenvalue weighted by molar-refractivity contribution is 9.10. The van der Waals surface area contributed by atoms with Gasteiger partial charge in [-0.15, -0.1) is 0 Å². The van der Waals surface area contributed by atoms with Gasteiger partial charge in [-0.3, -0.25) is 29.8 Å². The van der Waals surface area contributed by atoms with Crippen LogP contribution in [0.2, 0.25) is 0 Å². The molecule has 0 aromatic heterocycles. The molecule has 9 heteroatoms. The van der Waals surface area contributed by atoms with Crippen molar-refractivity contribution >= 4 is 70.4 Å². The van der Waals surface area contributed by atoms with Crippen molar-refractivity contribution in [1.82, 2.24) is 0 Å². The summed E-state index contributed by atoms with van der Waals surface area (Å²) in [5.74, 6) is 0. The summed E-state index contributed by atoms with van der Waals surface area (Å²) in [5, 5.41) is 26.1. The summed E-state index contributed by atoms with van der Waals surface area (Å²) in [6, 6.07) is 12.1. The monoisotopic (exact) mass is 450 g/mol. The van der Waals surface area contributed by atoms with Crippen LogP contribution in [-0.4, -0.2) is 9.85 Å². The average molecular weight is 451 g/mol. The topological polar surface area (TPSA) is 120 Å². The second kappa shape index (κ2) is 5.65. The normalized spacial score (nSPS) is 11.8. The standard InChI is InChI=1S/C20H7BrN2O6/c21-12-7-11-9-5-1-3-8-4-2-6-10(13(8)9)15-14(11)16(17(12)22(26)27)18(23(28)29)20(25)19(15)24/h1-7H. The van der Waals surface area contributed by atoms with Crippen molar-refractivity contribution in [3.05, 3.63) is 87.6 Å². The summed E-state index contributed by atoms with van der Waals surface area (Å²) in [5.41, 5.74) is -4.08. The van der Waals surface area contributed by atoms with E-state index in [1.54, 1.807) is 24.3 Å². The van der Waals surface area contributed by atoms with Crippen LogP contribution in [0.4, 0.5) is 11.4 Å². The molecule has 0 radical (unpaired) electrons. The summed E-state index contributed by atoms with van der Waals surface area (Å²) >= 11 is 3.13. The van der Waals surface area contributed by atoms with E-state index < -0.39 is 37.5 Å². The number of rotatable bonds is 2. The third kappa shape index (κ3) is 2.07. The van der Waals surface area contributed by atoms with E-state index in [-0.39, 0.29) is 15.2 Å². The number of fused-ring (bicyclic) bond motifs is 2. The minimum atomic E-state index is -1.36. The lowest BCUT2D eigenvalue weighted by Crippen LogP contribution is -2.27. The molecule has 0 saturated heterocycles. The van der Waals surface area contributed by atoms with Crippen LogP contribution in [0.25, 0.3) is 43.1 Å². The third-order valence-electron chi connectivity index (χ3n) is 5.22. The Hall–Kier alpha value is -3.72. The third-order valence-corrected chi connectivity index (χ3v) is 5.82. The molecule has 0 fully saturated rings. The Morgan fingerprint density at radius 1 is 0.690 bits per heavy atom. The van der Waals surface area contributed by atoms with E-state index in [1.165, 1.54) is 6.07 Å². The molecule has 0 heterocycles. The van der Waals surface area contributed by atoms with Gasteiger partial charge in [-0.1, -0.05) is 36.4 Å². The van der Waals surface area contributed by atoms with Gasteiger partial charge in [0.2, 0.25) is 5.43 Å². The van der Waals surface area contributed by atoms with Crippen LogP contribution in [0.1, 0.15) is 0 Å². The van der Waals surface area contributed by atoms with E-state index in [2.05, 4.69) is 15.9 Å². The van der Waals surface area contributed by atoms with Crippen molar-refractivity contribution in [2.24, 2.45) is 0 Å². The molecule has 0 aliphatic rings. The fourth-order valence-electron chi connectivity index (χ4n) is 4.17. The van der Waals surface area contributed by atoms with Crippen LogP contribution in [0.15, 0.2) is 56.5 Å². The van der Waals surface area contributed by atoms with Crippen molar-refractivity contribution in [3.63, 3.8) is 0 Å². The first-order chi connectivity index (χ1) is 13.8. The quantitative estimate of drug-likeness (QED) is 0.128. The maximum Gasteiger partial charge on any atom is 0.335 e. The van der Waals surface area contributed by atoms with Gasteiger partial charge in [0.15, 0.2) is 0 Å². The van der Waals surface area contributed by atoms with Gasteiger partial charge in [-0.2, -0.15) is 0 Å². The largest absolute Gasteiger partial charge is 0.335 e. The Morgan fingerprint density at radius 3 is 1.93 bits per heavy atom. The predicted molar refractivity (Wildman–Crippen MR) is 112 cm³/mol. The first-order valence-corrected chi connectivity index (χ1v) is 9.13. The van der Waals surface area contributed by atoms with Gasteiger partial charge >= 0.3 is 11.1 Å². The molecule has 29 heavy (non-hydrogen) atoms. The van der Waals surface area contributed by atoms with E-state index in [4.69, 9.17) is 0 Å². The van der Waals surface area contributed by atoms with Crippen molar-refractivity contribution in [1.29, 1.82) is 0 Å². The number of halogens is 1. The molecule has 0 unspecified atom stereocenters. The lowest BCUT2D eigenvalue weighted by atomic mass is 9.88. The summed E-state index contributed by atoms with van der Waals surface area (Å²) < 4.78 is -0.00603. The van der Waals surface area contributed by atoms with Gasteiger partial charge in [0.25, 0.3) is 5.69 Å². The van der Waals surface area contributed by atoms with Crippen LogP contribution in [0, 0.1) is 20.2 Å². The van der Waals surface area contributed by atoms with Gasteiger partial charge in [-0.05, 0) is 48.9 Å². The van der Waals surface area contributed by atoms with Crippen molar-refractivity contribution in [3.8, 4) is 0 Å². The van der Waals surface area contributed by atoms with Crippen LogP contribution < -0.4 is 10.9 Å². The maximum atomic E-state index is 12.9. The Kier molecular flexibility index (Phi) is 3.38. The first-order valence-electron chi connectivity index (χ1n) is 8.34. The van der Waals surface area contributed by atoms with Crippen LogP contribution in [0.3, 0.4) is 0 Å². The fraction of sp³-hybridized carbons (Fsp3) is 0. The highest BCUT2D eigenvalue weighted by Crippen LogP contribution is 2.46. The molecular weight excluding hydrogens is 444 g/mol. The van der Waals surface area contributed by atoms with E-state index in [0.29, 0.717) is 16.2 Å². The van der Waals surface area contributed by atoms with Crippen LogP contribution >= 0.6 is 15.9 Å². The summed E-state index contributed by atoms with van der Waals surface area (Å²) in [4.78, 5) is 47.2. The minimum absolute atomic E-state index is 0.00603. The molecule has 140 valence electrons. The second-order valence-electron chi connectivity index (χ2n) is 6.61. The molecule has 0 aliphatic carbocycles. The zero-order chi connectivity index (χ0) is 20.6. The minimum Gasteiger partial charge on any atom is -0.285 e. The Labute approximate surface area is 168 Å². The second-order valence-corrected chi connectivity index (χ2v) is 7.46. The molecule has 0 atom stereocenters. The zero-order valence-electron chi connectivity index (χ0n) is 14.3. The van der Waals surface area contributed by atoms with Crippen molar-refractivity contribution < 1.29 is 9.85 Å². The number of benzene rings is 5. The number of nitro benzene ring substituents is 2. The molecule has 0 N–H and O–H groups in total. The molecule has 0 amide bonds. The molecule has 0 bridgehead atoms. The van der Waals surface area contributed by atoms with Crippen LogP contribution in [-0.2, 0) is 0 Å². The molecule has 0 saturated carbocycles. The number of hydrogen-bond acceptors (Lipinski definition) is 6. The summed E-state index contributed by atoms with van der Waals surface area (Å²) in [6.45, 7) is 0. The Morgan fingerprint density at radius 2 is 1.31 bits per heavy atom. The molecule has 5 rings (SSSR count). The van der Waals surface area contributed by atoms with Crippen molar-refractivity contribution in [2.45, 2.75) is 0 Å². The fourth-order valence-corrected chi connectivity index (χ4v) is 4.75. The van der Waals surface area contributed by atoms with Gasteiger partial charge in [0.1, 0.15) is 5.39 Å². The van der Waals surface area contributed by atoms with Gasteiger partial charge in [0.05, 0.1) is 14.3 Å². The number of nitrogens with zero attached hydrogens (tertiary/aromatic N) is 2. The molecule has 8 nitrogen and oxygen atoms in total. The lowest BCUT2D eigenvalue weighted by Gasteiger charge is -2.14. The maximum absolute atomic E-state index is 12.9. The van der Waals surface area contributed by atoms with E-state index in [9.17, 15) is 29.8 Å². The van der Waals surface area contributed by atoms with E-state index in [1.807, 2.05) is 12.1 Å². The summed E-state index contributed by atoms with van der Waals surface area (Å²) in [7, 11) is 0. The number of non-ortho nitro benzene ring substituents is 1. The molecule has 0 aliphatic heterocycles. The van der Waals surface area contributed by atoms with Gasteiger partial charge in [-0.25, -0.2) is 0 Å². The first kappa shape index (κ1) is 17.4. The SMILES string of the molecule is O=c1c([N+](=O)[O-])c2c([N+](=O)[O-])c(Br)cc3c4cccc5cccc(c(c1=O)c23)c54. The molecule has 5 aromatic carbocycles. The van der Waals surface area contributed by atoms with Crippen molar-refractivity contribution in [2.75, 3.05) is 0 Å². The molecular formula is C20H7BrN2O6. The zero-order valence-corrected chi connectivity index (χ0v) is 15.8. The lowest BCUT2D eigenvalue weighted by molar-refractivity contribution is -0.391. The van der Waals surface area contributed by atoms with E-state index >= 15 is 0 Å². The van der Waals surface area contributed by atoms with Gasteiger partial charge in [0, 0.05) is 10.8 Å². The smallest absolute Gasteiger partial charge is 0.285 e. The average Bonchev–Trinajstić information content (AvgIpc) is 2.67. The highest BCUT2D eigenvalue weighted by Gasteiger charge is 2.34. The van der Waals surface area contributed by atoms with Crippen LogP contribution in [0.5, 0.6) is 0 Å². The number of hydrogen-bond donors (Lipinski definition) is 0. The molecule has 0 spiro atoms. The molecule has 5 aromatic rings. The highest BCUT2D eigenvalue weighted by atomic mass is 79.9. The Balaban J connectivity index is 2.34. The number of nitro groups is 2. The Bertz CT molecular complexity index is 1660. The van der Waals surface area contributed by atoms with E-state index in [0.717, 1.165) is 10.8 Å². The van der Waals surface area contributed by atoms with Gasteiger partial charge < -0.3 is 0 Å². The predicted octanol–water partition coefficient (Wildman–Crippen LogP) is 4.47.